The van der Waals surface area contributed by atoms with Crippen molar-refractivity contribution in [3.05, 3.63) is 109 Å². The minimum atomic E-state index is -4.01. The highest BCUT2D eigenvalue weighted by atomic mass is 32.2. The van der Waals surface area contributed by atoms with Crippen molar-refractivity contribution < 1.29 is 22.7 Å². The molecule has 172 valence electrons. The molecule has 0 unspecified atom stereocenters. The second kappa shape index (κ2) is 10.1. The molecule has 34 heavy (non-hydrogen) atoms. The fraction of sp³-hybridized carbons (Fsp3) is 0.0385. The number of para-hydroxylation sites is 3. The Morgan fingerprint density at radius 1 is 0.735 bits per heavy atom. The molecular formula is C26H22N2O5S. The molecule has 1 amide bonds. The number of amides is 1. The Balaban J connectivity index is 1.61. The third-order valence-corrected chi connectivity index (χ3v) is 6.23. The lowest BCUT2D eigenvalue weighted by Gasteiger charge is -2.15. The summed E-state index contributed by atoms with van der Waals surface area (Å²) in [6, 6.07) is 28.6. The Hall–Kier alpha value is -4.30. The number of rotatable bonds is 8. The SMILES string of the molecule is COc1ccc(S(=O)(=O)Nc2ccccc2Oc2ccccc2)cc1NC(=O)c1ccccc1. The van der Waals surface area contributed by atoms with Crippen LogP contribution in [0.1, 0.15) is 10.4 Å². The van der Waals surface area contributed by atoms with Crippen molar-refractivity contribution >= 4 is 27.3 Å². The van der Waals surface area contributed by atoms with E-state index in [9.17, 15) is 13.2 Å². The van der Waals surface area contributed by atoms with E-state index in [2.05, 4.69) is 10.0 Å². The highest BCUT2D eigenvalue weighted by Crippen LogP contribution is 2.33. The van der Waals surface area contributed by atoms with E-state index < -0.39 is 10.0 Å². The van der Waals surface area contributed by atoms with Crippen LogP contribution in [-0.4, -0.2) is 21.4 Å². The monoisotopic (exact) mass is 474 g/mol. The minimum Gasteiger partial charge on any atom is -0.495 e. The van der Waals surface area contributed by atoms with Crippen molar-refractivity contribution in [2.24, 2.45) is 0 Å². The van der Waals surface area contributed by atoms with Crippen molar-refractivity contribution in [1.82, 2.24) is 0 Å². The molecule has 0 radical (unpaired) electrons. The largest absolute Gasteiger partial charge is 0.495 e. The van der Waals surface area contributed by atoms with Gasteiger partial charge in [0, 0.05) is 5.56 Å². The maximum Gasteiger partial charge on any atom is 0.262 e. The number of hydrogen-bond donors (Lipinski definition) is 2. The second-order valence-electron chi connectivity index (χ2n) is 7.20. The van der Waals surface area contributed by atoms with Crippen molar-refractivity contribution in [3.63, 3.8) is 0 Å². The molecule has 0 bridgehead atoms. The Bertz CT molecular complexity index is 1390. The van der Waals surface area contributed by atoms with Crippen LogP contribution in [0.3, 0.4) is 0 Å². The Morgan fingerprint density at radius 2 is 1.38 bits per heavy atom. The first-order chi connectivity index (χ1) is 16.5. The van der Waals surface area contributed by atoms with E-state index in [1.165, 1.54) is 25.3 Å². The van der Waals surface area contributed by atoms with Gasteiger partial charge in [-0.15, -0.1) is 0 Å². The second-order valence-corrected chi connectivity index (χ2v) is 8.88. The van der Waals surface area contributed by atoms with Gasteiger partial charge in [-0.2, -0.15) is 0 Å². The molecule has 8 heteroatoms. The van der Waals surface area contributed by atoms with Gasteiger partial charge in [0.05, 0.1) is 23.4 Å². The van der Waals surface area contributed by atoms with E-state index in [0.29, 0.717) is 22.8 Å². The minimum absolute atomic E-state index is 0.0498. The zero-order valence-electron chi connectivity index (χ0n) is 18.3. The molecule has 0 spiro atoms. The fourth-order valence-electron chi connectivity index (χ4n) is 3.20. The van der Waals surface area contributed by atoms with Gasteiger partial charge in [0.2, 0.25) is 0 Å². The summed E-state index contributed by atoms with van der Waals surface area (Å²) in [5.41, 5.74) is 0.938. The third kappa shape index (κ3) is 5.36. The standard InChI is InChI=1S/C26H22N2O5S/c1-32-24-17-16-21(18-23(24)27-26(29)19-10-4-2-5-11-19)34(30,31)28-22-14-8-9-15-25(22)33-20-12-6-3-7-13-20/h2-18,28H,1H3,(H,27,29). The normalized spacial score (nSPS) is 10.9. The summed E-state index contributed by atoms with van der Waals surface area (Å²) < 4.78 is 40.1. The number of carbonyl (C=O) groups is 1. The molecule has 4 aromatic carbocycles. The van der Waals surface area contributed by atoms with E-state index in [-0.39, 0.29) is 22.2 Å². The number of ether oxygens (including phenoxy) is 2. The van der Waals surface area contributed by atoms with E-state index >= 15 is 0 Å². The highest BCUT2D eigenvalue weighted by Gasteiger charge is 2.20. The summed E-state index contributed by atoms with van der Waals surface area (Å²) in [6.45, 7) is 0. The number of methoxy groups -OCH3 is 1. The summed E-state index contributed by atoms with van der Waals surface area (Å²) in [4.78, 5) is 12.6. The Kier molecular flexibility index (Phi) is 6.79. The predicted octanol–water partition coefficient (Wildman–Crippen LogP) is 5.54. The maximum atomic E-state index is 13.2. The quantitative estimate of drug-likeness (QED) is 0.350. The molecule has 4 aromatic rings. The smallest absolute Gasteiger partial charge is 0.262 e. The summed E-state index contributed by atoms with van der Waals surface area (Å²) in [7, 11) is -2.57. The van der Waals surface area contributed by atoms with E-state index in [1.54, 1.807) is 66.7 Å². The van der Waals surface area contributed by atoms with Gasteiger partial charge in [0.15, 0.2) is 5.75 Å². The van der Waals surface area contributed by atoms with Crippen molar-refractivity contribution in [2.45, 2.75) is 4.90 Å². The van der Waals surface area contributed by atoms with E-state index in [1.807, 2.05) is 18.2 Å². The Labute approximate surface area is 198 Å². The lowest BCUT2D eigenvalue weighted by atomic mass is 10.2. The highest BCUT2D eigenvalue weighted by molar-refractivity contribution is 7.92. The van der Waals surface area contributed by atoms with Gasteiger partial charge >= 0.3 is 0 Å². The van der Waals surface area contributed by atoms with Crippen LogP contribution in [0.4, 0.5) is 11.4 Å². The van der Waals surface area contributed by atoms with Gasteiger partial charge in [0.1, 0.15) is 11.5 Å². The van der Waals surface area contributed by atoms with Crippen LogP contribution in [-0.2, 0) is 10.0 Å². The van der Waals surface area contributed by atoms with Crippen LogP contribution in [0.15, 0.2) is 108 Å². The number of carbonyl (C=O) groups excluding carboxylic acids is 1. The lowest BCUT2D eigenvalue weighted by molar-refractivity contribution is 0.102. The number of anilines is 2. The van der Waals surface area contributed by atoms with Crippen LogP contribution in [0.2, 0.25) is 0 Å². The van der Waals surface area contributed by atoms with Crippen molar-refractivity contribution in [2.75, 3.05) is 17.1 Å². The molecule has 7 nitrogen and oxygen atoms in total. The Morgan fingerprint density at radius 3 is 2.09 bits per heavy atom. The van der Waals surface area contributed by atoms with Gasteiger partial charge in [0.25, 0.3) is 15.9 Å². The van der Waals surface area contributed by atoms with Crippen LogP contribution < -0.4 is 19.5 Å². The van der Waals surface area contributed by atoms with Gasteiger partial charge < -0.3 is 14.8 Å². The van der Waals surface area contributed by atoms with Crippen molar-refractivity contribution in [1.29, 1.82) is 0 Å². The average molecular weight is 475 g/mol. The molecule has 4 rings (SSSR count). The van der Waals surface area contributed by atoms with Gasteiger partial charge in [-0.3, -0.25) is 9.52 Å². The summed E-state index contributed by atoms with van der Waals surface area (Å²) in [5.74, 6) is 0.868. The van der Waals surface area contributed by atoms with Crippen LogP contribution >= 0.6 is 0 Å². The predicted molar refractivity (Wildman–Crippen MR) is 131 cm³/mol. The number of hydrogen-bond acceptors (Lipinski definition) is 5. The average Bonchev–Trinajstić information content (AvgIpc) is 2.86. The van der Waals surface area contributed by atoms with Gasteiger partial charge in [-0.25, -0.2) is 8.42 Å². The number of sulfonamides is 1. The molecule has 0 saturated heterocycles. The number of benzene rings is 4. The number of nitrogens with one attached hydrogen (secondary N) is 2. The summed E-state index contributed by atoms with van der Waals surface area (Å²) >= 11 is 0. The molecule has 0 atom stereocenters. The van der Waals surface area contributed by atoms with Gasteiger partial charge in [-0.1, -0.05) is 48.5 Å². The molecule has 0 aromatic heterocycles. The molecule has 0 aliphatic carbocycles. The lowest BCUT2D eigenvalue weighted by Crippen LogP contribution is -2.16. The molecule has 0 heterocycles. The van der Waals surface area contributed by atoms with E-state index in [4.69, 9.17) is 9.47 Å². The molecule has 0 fully saturated rings. The van der Waals surface area contributed by atoms with Crippen molar-refractivity contribution in [3.8, 4) is 17.2 Å². The first-order valence-electron chi connectivity index (χ1n) is 10.4. The summed E-state index contributed by atoms with van der Waals surface area (Å²) in [5, 5.41) is 2.72. The zero-order chi connectivity index (χ0) is 24.0. The zero-order valence-corrected chi connectivity index (χ0v) is 19.1. The maximum absolute atomic E-state index is 13.2. The summed E-state index contributed by atoms with van der Waals surface area (Å²) in [6.07, 6.45) is 0. The molecule has 0 saturated carbocycles. The molecule has 0 aliphatic heterocycles. The van der Waals surface area contributed by atoms with Crippen LogP contribution in [0.25, 0.3) is 0 Å². The van der Waals surface area contributed by atoms with E-state index in [0.717, 1.165) is 0 Å². The van der Waals surface area contributed by atoms with Crippen LogP contribution in [0, 0.1) is 0 Å². The molecule has 0 aliphatic rings. The van der Waals surface area contributed by atoms with Crippen LogP contribution in [0.5, 0.6) is 17.2 Å². The topological polar surface area (TPSA) is 93.7 Å². The first-order valence-corrected chi connectivity index (χ1v) is 11.8. The molecule has 2 N–H and O–H groups in total. The third-order valence-electron chi connectivity index (χ3n) is 4.87. The first kappa shape index (κ1) is 22.9. The molecular weight excluding hydrogens is 452 g/mol. The fourth-order valence-corrected chi connectivity index (χ4v) is 4.29. The van der Waals surface area contributed by atoms with Gasteiger partial charge in [-0.05, 0) is 54.6 Å².